The number of rotatable bonds is 8. The van der Waals surface area contributed by atoms with Crippen LogP contribution in [-0.2, 0) is 9.59 Å². The molecule has 0 saturated heterocycles. The van der Waals surface area contributed by atoms with E-state index in [9.17, 15) is 9.59 Å². The molecule has 0 amide bonds. The fraction of sp³-hybridized carbons (Fsp3) is 0.520. The highest BCUT2D eigenvalue weighted by atomic mass is 28.3. The highest BCUT2D eigenvalue weighted by molar-refractivity contribution is 6.94. The molecule has 1 aromatic rings. The number of aliphatic carboxylic acids is 2. The second-order valence-electron chi connectivity index (χ2n) is 9.82. The molecular formula is C25H42O4Si2. The SMILES string of the molecule is CC(=C[Si](C(C)C)(C(C)C)C(C)C)C(=O)O.CC(=C[Si](C)(C)c1ccccc1)C(=O)O. The van der Waals surface area contributed by atoms with Gasteiger partial charge in [-0.05, 0) is 30.5 Å². The number of carbonyl (C=O) groups is 2. The van der Waals surface area contributed by atoms with Gasteiger partial charge in [-0.1, -0.05) is 102 Å². The fourth-order valence-electron chi connectivity index (χ4n) is 4.49. The van der Waals surface area contributed by atoms with E-state index in [2.05, 4.69) is 72.5 Å². The first-order chi connectivity index (χ1) is 14.1. The Kier molecular flexibility index (Phi) is 11.4. The quantitative estimate of drug-likeness (QED) is 0.346. The molecule has 0 bridgehead atoms. The van der Waals surface area contributed by atoms with Crippen molar-refractivity contribution in [2.75, 3.05) is 0 Å². The van der Waals surface area contributed by atoms with E-state index < -0.39 is 28.1 Å². The Balaban J connectivity index is 0.000000581. The van der Waals surface area contributed by atoms with Crippen LogP contribution in [0.1, 0.15) is 55.4 Å². The van der Waals surface area contributed by atoms with Gasteiger partial charge in [0.15, 0.2) is 0 Å². The molecule has 0 aliphatic carbocycles. The first-order valence-corrected chi connectivity index (χ1v) is 16.4. The van der Waals surface area contributed by atoms with Gasteiger partial charge < -0.3 is 10.2 Å². The molecule has 0 saturated carbocycles. The molecule has 1 aromatic carbocycles. The Labute approximate surface area is 191 Å². The van der Waals surface area contributed by atoms with Crippen LogP contribution < -0.4 is 5.19 Å². The van der Waals surface area contributed by atoms with Gasteiger partial charge in [0.05, 0.1) is 8.07 Å². The monoisotopic (exact) mass is 462 g/mol. The van der Waals surface area contributed by atoms with Gasteiger partial charge in [-0.3, -0.25) is 0 Å². The van der Waals surface area contributed by atoms with E-state index in [-0.39, 0.29) is 0 Å². The molecule has 0 spiro atoms. The fourth-order valence-corrected chi connectivity index (χ4v) is 12.8. The molecule has 1 rings (SSSR count). The maximum atomic E-state index is 11.0. The van der Waals surface area contributed by atoms with Gasteiger partial charge in [0.25, 0.3) is 0 Å². The van der Waals surface area contributed by atoms with Crippen molar-refractivity contribution in [3.63, 3.8) is 0 Å². The largest absolute Gasteiger partial charge is 0.478 e. The van der Waals surface area contributed by atoms with Crippen molar-refractivity contribution in [3.05, 3.63) is 52.9 Å². The number of hydrogen-bond donors (Lipinski definition) is 2. The molecule has 0 aliphatic heterocycles. The van der Waals surface area contributed by atoms with Crippen LogP contribution in [-0.4, -0.2) is 38.3 Å². The molecule has 0 unspecified atom stereocenters. The summed E-state index contributed by atoms with van der Waals surface area (Å²) in [7, 11) is -3.44. The molecule has 6 heteroatoms. The zero-order valence-corrected chi connectivity index (χ0v) is 23.0. The summed E-state index contributed by atoms with van der Waals surface area (Å²) in [6.45, 7) is 21.1. The Bertz CT molecular complexity index is 769. The molecule has 0 aliphatic rings. The molecule has 174 valence electrons. The molecule has 0 fully saturated rings. The summed E-state index contributed by atoms with van der Waals surface area (Å²) < 4.78 is 0. The van der Waals surface area contributed by atoms with Crippen molar-refractivity contribution < 1.29 is 19.8 Å². The van der Waals surface area contributed by atoms with E-state index >= 15 is 0 Å². The summed E-state index contributed by atoms with van der Waals surface area (Å²) in [5, 5.41) is 19.1. The van der Waals surface area contributed by atoms with E-state index in [0.717, 1.165) is 0 Å². The lowest BCUT2D eigenvalue weighted by Gasteiger charge is -2.41. The third-order valence-corrected chi connectivity index (χ3v) is 16.1. The highest BCUT2D eigenvalue weighted by Gasteiger charge is 2.41. The van der Waals surface area contributed by atoms with E-state index in [1.165, 1.54) is 5.19 Å². The zero-order valence-electron chi connectivity index (χ0n) is 21.0. The minimum Gasteiger partial charge on any atom is -0.478 e. The third-order valence-electron chi connectivity index (χ3n) is 6.24. The van der Waals surface area contributed by atoms with Crippen LogP contribution in [0.4, 0.5) is 0 Å². The van der Waals surface area contributed by atoms with Crippen molar-refractivity contribution in [1.82, 2.24) is 0 Å². The lowest BCUT2D eigenvalue weighted by atomic mass is 10.4. The van der Waals surface area contributed by atoms with Gasteiger partial charge >= 0.3 is 11.9 Å². The lowest BCUT2D eigenvalue weighted by molar-refractivity contribution is -0.133. The number of carboxylic acid groups (broad SMARTS) is 2. The Morgan fingerprint density at radius 1 is 0.742 bits per heavy atom. The van der Waals surface area contributed by atoms with Crippen molar-refractivity contribution in [2.45, 2.75) is 85.1 Å². The minimum atomic E-state index is -1.75. The summed E-state index contributed by atoms with van der Waals surface area (Å²) in [5.74, 6) is -1.61. The van der Waals surface area contributed by atoms with Crippen LogP contribution in [0, 0.1) is 0 Å². The average molecular weight is 463 g/mol. The Morgan fingerprint density at radius 3 is 1.42 bits per heavy atom. The first-order valence-electron chi connectivity index (χ1n) is 11.0. The number of benzene rings is 1. The molecule has 0 radical (unpaired) electrons. The molecular weight excluding hydrogens is 420 g/mol. The molecule has 0 heterocycles. The molecule has 0 atom stereocenters. The first kappa shape index (κ1) is 29.1. The van der Waals surface area contributed by atoms with Crippen molar-refractivity contribution >= 4 is 33.3 Å². The van der Waals surface area contributed by atoms with Crippen LogP contribution in [0.3, 0.4) is 0 Å². The Morgan fingerprint density at radius 2 is 1.10 bits per heavy atom. The van der Waals surface area contributed by atoms with Crippen molar-refractivity contribution in [3.8, 4) is 0 Å². The summed E-state index contributed by atoms with van der Waals surface area (Å²) in [4.78, 5) is 21.8. The number of carboxylic acids is 2. The van der Waals surface area contributed by atoms with Gasteiger partial charge in [0.2, 0.25) is 0 Å². The van der Waals surface area contributed by atoms with Gasteiger partial charge in [-0.15, -0.1) is 0 Å². The summed E-state index contributed by atoms with van der Waals surface area (Å²) in [5.41, 5.74) is 6.70. The van der Waals surface area contributed by atoms with Gasteiger partial charge in [-0.2, -0.15) is 0 Å². The van der Waals surface area contributed by atoms with Crippen LogP contribution in [0.25, 0.3) is 0 Å². The predicted molar refractivity (Wildman–Crippen MR) is 137 cm³/mol. The normalized spacial score (nSPS) is 13.3. The predicted octanol–water partition coefficient (Wildman–Crippen LogP) is 6.41. The summed E-state index contributed by atoms with van der Waals surface area (Å²) >= 11 is 0. The highest BCUT2D eigenvalue weighted by Crippen LogP contribution is 2.42. The lowest BCUT2D eigenvalue weighted by Crippen LogP contribution is -2.43. The smallest absolute Gasteiger partial charge is 0.330 e. The Hall–Kier alpha value is -1.93. The minimum absolute atomic E-state index is 0.440. The zero-order chi connectivity index (χ0) is 24.6. The van der Waals surface area contributed by atoms with E-state index in [0.29, 0.717) is 27.8 Å². The summed E-state index contributed by atoms with van der Waals surface area (Å²) in [6.07, 6.45) is 0. The van der Waals surface area contributed by atoms with Gasteiger partial charge in [-0.25, -0.2) is 9.59 Å². The molecule has 2 N–H and O–H groups in total. The topological polar surface area (TPSA) is 74.6 Å². The van der Waals surface area contributed by atoms with Crippen LogP contribution >= 0.6 is 0 Å². The van der Waals surface area contributed by atoms with Gasteiger partial charge in [0, 0.05) is 11.1 Å². The molecule has 31 heavy (non-hydrogen) atoms. The standard InChI is InChI=1S/C13H26O2Si.C12H16O2Si/c1-9(2)16(10(3)4,11(5)6)8-12(7)13(14)15;1-10(12(13)14)9-15(2,3)11-7-5-4-6-8-11/h8-11H,1-7H3,(H,14,15);4-9H,1-3H3,(H,13,14). The summed E-state index contributed by atoms with van der Waals surface area (Å²) in [6, 6.07) is 10.1. The van der Waals surface area contributed by atoms with Gasteiger partial charge in [0.1, 0.15) is 8.07 Å². The van der Waals surface area contributed by atoms with Crippen molar-refractivity contribution in [2.24, 2.45) is 0 Å². The van der Waals surface area contributed by atoms with E-state index in [1.54, 1.807) is 13.8 Å². The van der Waals surface area contributed by atoms with E-state index in [1.807, 2.05) is 23.9 Å². The molecule has 4 nitrogen and oxygen atoms in total. The maximum Gasteiger partial charge on any atom is 0.330 e. The second-order valence-corrected chi connectivity index (χ2v) is 19.9. The van der Waals surface area contributed by atoms with Crippen LogP contribution in [0.5, 0.6) is 0 Å². The van der Waals surface area contributed by atoms with Crippen LogP contribution in [0.15, 0.2) is 52.9 Å². The third kappa shape index (κ3) is 8.26. The average Bonchev–Trinajstić information content (AvgIpc) is 2.65. The van der Waals surface area contributed by atoms with Crippen LogP contribution in [0.2, 0.25) is 29.7 Å². The number of hydrogen-bond acceptors (Lipinski definition) is 2. The second kappa shape index (κ2) is 12.2. The van der Waals surface area contributed by atoms with E-state index in [4.69, 9.17) is 10.2 Å². The molecule has 0 aromatic heterocycles. The maximum absolute atomic E-state index is 11.0. The van der Waals surface area contributed by atoms with Crippen molar-refractivity contribution in [1.29, 1.82) is 0 Å².